The number of nitrogens with one attached hydrogen (secondary N) is 1. The summed E-state index contributed by atoms with van der Waals surface area (Å²) < 4.78 is 1.90. The lowest BCUT2D eigenvalue weighted by Crippen LogP contribution is -2.29. The molecule has 3 rings (SSSR count). The Morgan fingerprint density at radius 2 is 2.19 bits per heavy atom. The van der Waals surface area contributed by atoms with Crippen LogP contribution in [-0.4, -0.2) is 22.1 Å². The lowest BCUT2D eigenvalue weighted by atomic mass is 10.1. The molecule has 0 saturated carbocycles. The van der Waals surface area contributed by atoms with E-state index in [2.05, 4.69) is 17.3 Å². The van der Waals surface area contributed by atoms with Crippen LogP contribution in [0.15, 0.2) is 30.5 Å². The van der Waals surface area contributed by atoms with E-state index in [1.807, 2.05) is 28.9 Å². The van der Waals surface area contributed by atoms with Crippen LogP contribution < -0.4 is 5.32 Å². The van der Waals surface area contributed by atoms with E-state index in [1.165, 1.54) is 5.56 Å². The number of fused-ring (bicyclic) bond motifs is 1. The molecule has 0 saturated heterocycles. The molecule has 1 aromatic heterocycles. The predicted molar refractivity (Wildman–Crippen MR) is 84.8 cm³/mol. The lowest BCUT2D eigenvalue weighted by Gasteiger charge is -2.15. The van der Waals surface area contributed by atoms with Crippen molar-refractivity contribution in [3.63, 3.8) is 0 Å². The second kappa shape index (κ2) is 7.38. The van der Waals surface area contributed by atoms with Gasteiger partial charge < -0.3 is 5.32 Å². The number of nitrogens with zero attached hydrogens (tertiary/aromatic N) is 2. The molecule has 0 amide bonds. The summed E-state index contributed by atoms with van der Waals surface area (Å²) in [6.07, 6.45) is 2.67. The normalized spacial score (nSPS) is 13.1. The van der Waals surface area contributed by atoms with E-state index in [9.17, 15) is 4.79 Å². The Morgan fingerprint density at radius 1 is 1.43 bits per heavy atom. The molecular weight excluding hydrogens is 286 g/mol. The van der Waals surface area contributed by atoms with E-state index in [1.54, 1.807) is 13.1 Å². The van der Waals surface area contributed by atoms with Crippen molar-refractivity contribution < 1.29 is 4.79 Å². The highest BCUT2D eigenvalue weighted by Crippen LogP contribution is 2.14. The third-order valence-corrected chi connectivity index (χ3v) is 3.83. The Balaban J connectivity index is 0.000000161. The van der Waals surface area contributed by atoms with Crippen LogP contribution in [0.4, 0.5) is 0 Å². The van der Waals surface area contributed by atoms with Gasteiger partial charge in [-0.05, 0) is 25.0 Å². The Labute approximate surface area is 130 Å². The van der Waals surface area contributed by atoms with Crippen LogP contribution in [0.5, 0.6) is 0 Å². The first-order valence-corrected chi connectivity index (χ1v) is 7.51. The number of halogens is 1. The second-order valence-electron chi connectivity index (χ2n) is 4.91. The summed E-state index contributed by atoms with van der Waals surface area (Å²) in [7, 11) is 0. The fraction of sp³-hybridized carbons (Fsp3) is 0.375. The van der Waals surface area contributed by atoms with Crippen LogP contribution in [-0.2, 0) is 19.5 Å². The molecule has 1 aliphatic heterocycles. The maximum atomic E-state index is 11.1. The first-order valence-electron chi connectivity index (χ1n) is 7.13. The zero-order chi connectivity index (χ0) is 15.2. The lowest BCUT2D eigenvalue weighted by molar-refractivity contribution is 0.101. The number of benzene rings is 1. The third-order valence-electron chi connectivity index (χ3n) is 3.46. The van der Waals surface area contributed by atoms with Crippen LogP contribution in [0.3, 0.4) is 0 Å². The molecule has 0 bridgehead atoms. The van der Waals surface area contributed by atoms with Crippen molar-refractivity contribution in [2.45, 2.75) is 33.4 Å². The number of rotatable bonds is 2. The molecule has 5 heteroatoms. The molecule has 0 unspecified atom stereocenters. The van der Waals surface area contributed by atoms with E-state index < -0.39 is 0 Å². The van der Waals surface area contributed by atoms with E-state index in [0.717, 1.165) is 42.3 Å². The van der Waals surface area contributed by atoms with Gasteiger partial charge in [0.2, 0.25) is 0 Å². The van der Waals surface area contributed by atoms with Gasteiger partial charge in [-0.1, -0.05) is 36.7 Å². The van der Waals surface area contributed by atoms with E-state index in [4.69, 9.17) is 11.6 Å². The van der Waals surface area contributed by atoms with Crippen molar-refractivity contribution >= 4 is 17.4 Å². The molecule has 4 nitrogen and oxygen atoms in total. The van der Waals surface area contributed by atoms with Gasteiger partial charge in [-0.25, -0.2) is 0 Å². The Kier molecular flexibility index (Phi) is 5.53. The average Bonchev–Trinajstić information content (AvgIpc) is 2.92. The fourth-order valence-electron chi connectivity index (χ4n) is 2.26. The molecule has 21 heavy (non-hydrogen) atoms. The van der Waals surface area contributed by atoms with E-state index in [0.29, 0.717) is 0 Å². The molecule has 1 aliphatic rings. The number of carbonyl (C=O) groups excluding carboxylic acids is 1. The van der Waals surface area contributed by atoms with Gasteiger partial charge in [0.15, 0.2) is 5.78 Å². The van der Waals surface area contributed by atoms with Crippen molar-refractivity contribution in [2.75, 3.05) is 6.54 Å². The summed E-state index contributed by atoms with van der Waals surface area (Å²) >= 11 is 5.82. The number of Topliss-reactive ketones (excluding diaryl/α,β-unsaturated/α-hetero) is 1. The van der Waals surface area contributed by atoms with E-state index in [-0.39, 0.29) is 5.78 Å². The monoisotopic (exact) mass is 305 g/mol. The minimum absolute atomic E-state index is 0.0972. The highest BCUT2D eigenvalue weighted by Gasteiger charge is 2.16. The molecule has 0 aliphatic carbocycles. The number of aryl methyl sites for hydroxylation is 1. The largest absolute Gasteiger partial charge is 0.309 e. The molecule has 0 radical (unpaired) electrons. The summed E-state index contributed by atoms with van der Waals surface area (Å²) in [5, 5.41) is 8.22. The summed E-state index contributed by atoms with van der Waals surface area (Å²) in [6, 6.07) is 7.91. The molecule has 2 heterocycles. The standard InChI is InChI=1S/C8H9Cl.C8H11N3O/c1-2-7-5-3-4-6-8(7)9;1-6(12)7-4-10-11-3-2-9-5-8(7)11/h3-6H,2H2,1H3;4,9H,2-3,5H2,1H3. The van der Waals surface area contributed by atoms with Crippen LogP contribution in [0.1, 0.15) is 35.5 Å². The van der Waals surface area contributed by atoms with E-state index >= 15 is 0 Å². The molecule has 0 atom stereocenters. The molecule has 2 aromatic rings. The minimum atomic E-state index is 0.0972. The smallest absolute Gasteiger partial charge is 0.163 e. The quantitative estimate of drug-likeness (QED) is 0.867. The van der Waals surface area contributed by atoms with Crippen LogP contribution in [0, 0.1) is 0 Å². The molecule has 0 spiro atoms. The SMILES string of the molecule is CC(=O)c1cnn2c1CNCC2.CCc1ccccc1Cl. The fourth-order valence-corrected chi connectivity index (χ4v) is 2.53. The van der Waals surface area contributed by atoms with Gasteiger partial charge in [-0.2, -0.15) is 5.10 Å². The van der Waals surface area contributed by atoms with Gasteiger partial charge in [0, 0.05) is 18.1 Å². The topological polar surface area (TPSA) is 46.9 Å². The number of carbonyl (C=O) groups is 1. The van der Waals surface area contributed by atoms with Gasteiger partial charge >= 0.3 is 0 Å². The maximum Gasteiger partial charge on any atom is 0.163 e. The van der Waals surface area contributed by atoms with Crippen molar-refractivity contribution in [3.8, 4) is 0 Å². The number of hydrogen-bond acceptors (Lipinski definition) is 3. The molecule has 112 valence electrons. The molecular formula is C16H20ClN3O. The zero-order valence-corrected chi connectivity index (χ0v) is 13.2. The van der Waals surface area contributed by atoms with Gasteiger partial charge in [-0.15, -0.1) is 0 Å². The third kappa shape index (κ3) is 3.93. The first kappa shape index (κ1) is 15.7. The zero-order valence-electron chi connectivity index (χ0n) is 12.4. The van der Waals surface area contributed by atoms with Crippen molar-refractivity contribution in [2.24, 2.45) is 0 Å². The minimum Gasteiger partial charge on any atom is -0.309 e. The van der Waals surface area contributed by atoms with Crippen LogP contribution in [0.25, 0.3) is 0 Å². The summed E-state index contributed by atoms with van der Waals surface area (Å²) in [4.78, 5) is 11.1. The Bertz CT molecular complexity index is 622. The van der Waals surface area contributed by atoms with Crippen molar-refractivity contribution in [3.05, 3.63) is 52.3 Å². The van der Waals surface area contributed by atoms with Gasteiger partial charge in [0.05, 0.1) is 24.0 Å². The van der Waals surface area contributed by atoms with Gasteiger partial charge in [0.1, 0.15) is 0 Å². The summed E-state index contributed by atoms with van der Waals surface area (Å²) in [6.45, 7) is 6.23. The number of ketones is 1. The van der Waals surface area contributed by atoms with Crippen LogP contribution >= 0.6 is 11.6 Å². The van der Waals surface area contributed by atoms with Crippen molar-refractivity contribution in [1.29, 1.82) is 0 Å². The molecule has 1 N–H and O–H groups in total. The summed E-state index contributed by atoms with van der Waals surface area (Å²) in [5.74, 6) is 0.0972. The predicted octanol–water partition coefficient (Wildman–Crippen LogP) is 3.09. The average molecular weight is 306 g/mol. The highest BCUT2D eigenvalue weighted by molar-refractivity contribution is 6.31. The first-order chi connectivity index (χ1) is 10.1. The van der Waals surface area contributed by atoms with Gasteiger partial charge in [0.25, 0.3) is 0 Å². The highest BCUT2D eigenvalue weighted by atomic mass is 35.5. The Hall–Kier alpha value is -1.65. The molecule has 0 fully saturated rings. The second-order valence-corrected chi connectivity index (χ2v) is 5.31. The van der Waals surface area contributed by atoms with Crippen molar-refractivity contribution in [1.82, 2.24) is 15.1 Å². The molecule has 1 aromatic carbocycles. The number of aromatic nitrogens is 2. The summed E-state index contributed by atoms with van der Waals surface area (Å²) in [5.41, 5.74) is 3.00. The van der Waals surface area contributed by atoms with Crippen LogP contribution in [0.2, 0.25) is 5.02 Å². The maximum absolute atomic E-state index is 11.1. The Morgan fingerprint density at radius 3 is 2.81 bits per heavy atom. The van der Waals surface area contributed by atoms with Gasteiger partial charge in [-0.3, -0.25) is 9.48 Å². The number of hydrogen-bond donors (Lipinski definition) is 1.